The minimum Gasteiger partial charge on any atom is -0.497 e. The molecule has 2 unspecified atom stereocenters. The first-order valence-electron chi connectivity index (χ1n) is 14.5. The smallest absolute Gasteiger partial charge is 0.119 e. The Morgan fingerprint density at radius 2 is 1.92 bits per heavy atom. The second-order valence-corrected chi connectivity index (χ2v) is 13.2. The number of benzene rings is 2. The Kier molecular flexibility index (Phi) is 4.51. The summed E-state index contributed by atoms with van der Waals surface area (Å²) in [6, 6.07) is 17.7. The number of likely N-dealkylation sites (tertiary alicyclic amines) is 1. The number of para-hydroxylation sites is 2. The van der Waals surface area contributed by atoms with Crippen LogP contribution in [0.3, 0.4) is 0 Å². The molecule has 2 aromatic carbocycles. The SMILES string of the molecule is COc1ccc2c(c1)[C@]13CCN(CC4CC4)[C@H](C2)[C@]12CCC1C3[C@@H](CN1c1ccccc1N(C)C)C2. The van der Waals surface area contributed by atoms with Gasteiger partial charge in [-0.3, -0.25) is 4.90 Å². The zero-order valence-corrected chi connectivity index (χ0v) is 22.2. The molecule has 5 fully saturated rings. The number of hydrogen-bond acceptors (Lipinski definition) is 4. The number of anilines is 2. The molecule has 0 spiro atoms. The van der Waals surface area contributed by atoms with Crippen LogP contribution in [0.25, 0.3) is 0 Å². The lowest BCUT2D eigenvalue weighted by molar-refractivity contribution is -0.0920. The van der Waals surface area contributed by atoms with E-state index in [1.807, 2.05) is 7.11 Å². The summed E-state index contributed by atoms with van der Waals surface area (Å²) in [4.78, 5) is 8.15. The van der Waals surface area contributed by atoms with Crippen molar-refractivity contribution in [2.75, 3.05) is 50.6 Å². The second kappa shape index (κ2) is 7.43. The van der Waals surface area contributed by atoms with Gasteiger partial charge in [0.1, 0.15) is 5.75 Å². The molecule has 190 valence electrons. The third-order valence-electron chi connectivity index (χ3n) is 11.7. The number of rotatable bonds is 5. The second-order valence-electron chi connectivity index (χ2n) is 13.2. The van der Waals surface area contributed by atoms with Gasteiger partial charge in [-0.2, -0.15) is 0 Å². The van der Waals surface area contributed by atoms with Crippen LogP contribution in [0.2, 0.25) is 0 Å². The lowest BCUT2D eigenvalue weighted by Gasteiger charge is -2.66. The van der Waals surface area contributed by atoms with Crippen molar-refractivity contribution in [3.8, 4) is 5.75 Å². The number of nitrogens with zero attached hydrogens (tertiary/aromatic N) is 3. The summed E-state index contributed by atoms with van der Waals surface area (Å²) in [7, 11) is 6.24. The van der Waals surface area contributed by atoms with Crippen molar-refractivity contribution in [1.82, 2.24) is 4.90 Å². The maximum Gasteiger partial charge on any atom is 0.119 e. The molecule has 2 aromatic rings. The van der Waals surface area contributed by atoms with Crippen molar-refractivity contribution in [3.63, 3.8) is 0 Å². The first kappa shape index (κ1) is 21.8. The molecule has 2 aliphatic heterocycles. The van der Waals surface area contributed by atoms with E-state index in [0.29, 0.717) is 16.9 Å². The number of ether oxygens (including phenoxy) is 1. The van der Waals surface area contributed by atoms with Crippen LogP contribution < -0.4 is 14.5 Å². The summed E-state index contributed by atoms with van der Waals surface area (Å²) in [6.45, 7) is 3.89. The van der Waals surface area contributed by atoms with Gasteiger partial charge in [0.25, 0.3) is 0 Å². The van der Waals surface area contributed by atoms with Gasteiger partial charge in [0.15, 0.2) is 0 Å². The zero-order valence-electron chi connectivity index (χ0n) is 22.2. The summed E-state index contributed by atoms with van der Waals surface area (Å²) in [5, 5.41) is 0. The molecule has 2 heterocycles. The van der Waals surface area contributed by atoms with E-state index in [2.05, 4.69) is 71.3 Å². The average molecular weight is 484 g/mol. The third-order valence-corrected chi connectivity index (χ3v) is 11.7. The lowest BCUT2D eigenvalue weighted by Crippen LogP contribution is -2.69. The summed E-state index contributed by atoms with van der Waals surface area (Å²) in [5.74, 6) is 3.59. The largest absolute Gasteiger partial charge is 0.497 e. The Hall–Kier alpha value is -2.20. The quantitative estimate of drug-likeness (QED) is 0.571. The molecule has 36 heavy (non-hydrogen) atoms. The highest BCUT2D eigenvalue weighted by Crippen LogP contribution is 2.75. The third kappa shape index (κ3) is 2.64. The summed E-state index contributed by atoms with van der Waals surface area (Å²) in [5.41, 5.74) is 6.91. The van der Waals surface area contributed by atoms with Crippen molar-refractivity contribution in [1.29, 1.82) is 0 Å². The van der Waals surface area contributed by atoms with Crippen LogP contribution in [0.15, 0.2) is 42.5 Å². The van der Waals surface area contributed by atoms with Crippen LogP contribution in [-0.4, -0.2) is 57.8 Å². The fourth-order valence-corrected chi connectivity index (χ4v) is 10.4. The lowest BCUT2D eigenvalue weighted by atomic mass is 9.43. The fourth-order valence-electron chi connectivity index (χ4n) is 10.4. The van der Waals surface area contributed by atoms with E-state index in [-0.39, 0.29) is 0 Å². The van der Waals surface area contributed by atoms with Crippen molar-refractivity contribution >= 4 is 11.4 Å². The van der Waals surface area contributed by atoms with Gasteiger partial charge in [-0.25, -0.2) is 0 Å². The minimum atomic E-state index is 0.315. The van der Waals surface area contributed by atoms with Crippen LogP contribution in [0, 0.1) is 23.2 Å². The highest BCUT2D eigenvalue weighted by molar-refractivity contribution is 5.72. The first-order valence-corrected chi connectivity index (χ1v) is 14.5. The Labute approximate surface area is 216 Å². The summed E-state index contributed by atoms with van der Waals surface area (Å²) < 4.78 is 5.84. The molecular formula is C32H41N3O. The Morgan fingerprint density at radius 3 is 2.72 bits per heavy atom. The standard InChI is InChI=1S/C32H41N3O/c1-33(2)26-6-4-5-7-27(26)35-20-23-18-31-13-12-28(35)30(23)32(31)14-15-34(19-21-8-9-21)29(31)16-22-10-11-24(36-3)17-25(22)32/h4-7,10-11,17,21,23,28-30H,8-9,12-16,18-20H2,1-3H3/t23-,28?,29-,30?,31-,32+/m1/s1. The zero-order chi connectivity index (χ0) is 24.2. The molecule has 0 N–H and O–H groups in total. The molecule has 0 amide bonds. The Morgan fingerprint density at radius 1 is 1.06 bits per heavy atom. The molecule has 2 saturated heterocycles. The molecule has 0 aromatic heterocycles. The van der Waals surface area contributed by atoms with Crippen molar-refractivity contribution in [2.45, 2.75) is 62.4 Å². The van der Waals surface area contributed by atoms with E-state index in [9.17, 15) is 0 Å². The first-order chi connectivity index (χ1) is 17.6. The van der Waals surface area contributed by atoms with Gasteiger partial charge in [-0.15, -0.1) is 0 Å². The van der Waals surface area contributed by atoms with E-state index in [1.54, 1.807) is 11.1 Å². The van der Waals surface area contributed by atoms with Crippen LogP contribution in [-0.2, 0) is 11.8 Å². The van der Waals surface area contributed by atoms with Crippen molar-refractivity contribution < 1.29 is 4.74 Å². The molecule has 3 saturated carbocycles. The summed E-state index contributed by atoms with van der Waals surface area (Å²) >= 11 is 0. The van der Waals surface area contributed by atoms with Gasteiger partial charge in [-0.1, -0.05) is 18.2 Å². The van der Waals surface area contributed by atoms with Gasteiger partial charge in [0, 0.05) is 44.7 Å². The van der Waals surface area contributed by atoms with Crippen LogP contribution in [0.5, 0.6) is 5.75 Å². The number of methoxy groups -OCH3 is 1. The molecule has 4 heteroatoms. The van der Waals surface area contributed by atoms with E-state index < -0.39 is 0 Å². The highest BCUT2D eigenvalue weighted by Gasteiger charge is 2.76. The van der Waals surface area contributed by atoms with Gasteiger partial charge in [0.2, 0.25) is 0 Å². The molecule has 6 aliphatic rings. The van der Waals surface area contributed by atoms with E-state index >= 15 is 0 Å². The topological polar surface area (TPSA) is 19.0 Å². The molecule has 4 nitrogen and oxygen atoms in total. The number of piperidine rings is 1. The van der Waals surface area contributed by atoms with Crippen LogP contribution >= 0.6 is 0 Å². The minimum absolute atomic E-state index is 0.315. The fraction of sp³-hybridized carbons (Fsp3) is 0.625. The van der Waals surface area contributed by atoms with E-state index in [4.69, 9.17) is 4.74 Å². The molecular weight excluding hydrogens is 442 g/mol. The average Bonchev–Trinajstić information content (AvgIpc) is 3.58. The molecule has 8 rings (SSSR count). The monoisotopic (exact) mass is 483 g/mol. The van der Waals surface area contributed by atoms with E-state index in [0.717, 1.165) is 29.5 Å². The van der Waals surface area contributed by atoms with Gasteiger partial charge in [0.05, 0.1) is 18.5 Å². The van der Waals surface area contributed by atoms with Crippen LogP contribution in [0.1, 0.15) is 49.7 Å². The Balaban J connectivity index is 1.27. The molecule has 0 radical (unpaired) electrons. The predicted molar refractivity (Wildman–Crippen MR) is 146 cm³/mol. The van der Waals surface area contributed by atoms with Crippen molar-refractivity contribution in [3.05, 3.63) is 53.6 Å². The molecule has 4 bridgehead atoms. The Bertz CT molecular complexity index is 1210. The molecule has 6 atom stereocenters. The van der Waals surface area contributed by atoms with Gasteiger partial charge in [-0.05, 0) is 110 Å². The summed E-state index contributed by atoms with van der Waals surface area (Å²) in [6.07, 6.45) is 9.70. The van der Waals surface area contributed by atoms with Gasteiger partial charge < -0.3 is 14.5 Å². The maximum atomic E-state index is 5.84. The normalized spacial score (nSPS) is 38.0. The van der Waals surface area contributed by atoms with Crippen LogP contribution in [0.4, 0.5) is 11.4 Å². The highest BCUT2D eigenvalue weighted by atomic mass is 16.5. The van der Waals surface area contributed by atoms with E-state index in [1.165, 1.54) is 76.0 Å². The number of hydrogen-bond donors (Lipinski definition) is 0. The van der Waals surface area contributed by atoms with Gasteiger partial charge >= 0.3 is 0 Å². The predicted octanol–water partition coefficient (Wildman–Crippen LogP) is 5.34. The molecule has 4 aliphatic carbocycles. The maximum absolute atomic E-state index is 5.84. The number of fused-ring (bicyclic) bond motifs is 1. The van der Waals surface area contributed by atoms with Crippen molar-refractivity contribution in [2.24, 2.45) is 23.2 Å².